The van der Waals surface area contributed by atoms with Gasteiger partial charge in [-0.25, -0.2) is 4.79 Å². The fraction of sp³-hybridized carbons (Fsp3) is 0.929. The van der Waals surface area contributed by atoms with Crippen molar-refractivity contribution in [2.75, 3.05) is 26.2 Å². The van der Waals surface area contributed by atoms with Crippen molar-refractivity contribution in [3.8, 4) is 0 Å². The normalized spacial score (nSPS) is 16.1. The van der Waals surface area contributed by atoms with E-state index in [0.29, 0.717) is 25.1 Å². The van der Waals surface area contributed by atoms with E-state index in [0.717, 1.165) is 57.8 Å². The number of rotatable bonds is 20. The summed E-state index contributed by atoms with van der Waals surface area (Å²) in [4.78, 5) is 27.1. The van der Waals surface area contributed by atoms with Gasteiger partial charge >= 0.3 is 6.03 Å². The highest BCUT2D eigenvalue weighted by molar-refractivity contribution is 6.01. The van der Waals surface area contributed by atoms with E-state index < -0.39 is 6.29 Å². The molecule has 0 saturated carbocycles. The van der Waals surface area contributed by atoms with E-state index in [1.165, 1.54) is 30.6 Å². The Balaban J connectivity index is 2.08. The first kappa shape index (κ1) is 30.9. The molecule has 6 nitrogen and oxygen atoms in total. The number of carbonyl (C=O) groups is 2. The van der Waals surface area contributed by atoms with Gasteiger partial charge in [0.2, 0.25) is 5.91 Å². The number of ether oxygens (including phenoxy) is 1. The molecule has 0 aromatic rings. The van der Waals surface area contributed by atoms with Crippen LogP contribution < -0.4 is 0 Å². The van der Waals surface area contributed by atoms with E-state index in [1.807, 2.05) is 6.92 Å². The van der Waals surface area contributed by atoms with Gasteiger partial charge in [0.05, 0.1) is 0 Å². The maximum Gasteiger partial charge on any atom is 0.327 e. The average molecular weight is 483 g/mol. The van der Waals surface area contributed by atoms with Gasteiger partial charge in [-0.1, -0.05) is 66.7 Å². The molecule has 0 radical (unpaired) electrons. The van der Waals surface area contributed by atoms with Gasteiger partial charge < -0.3 is 14.7 Å². The van der Waals surface area contributed by atoms with Crippen LogP contribution in [0.3, 0.4) is 0 Å². The molecule has 1 unspecified atom stereocenters. The molecule has 1 rings (SSSR count). The number of hydrogen-bond donors (Lipinski definition) is 1. The Morgan fingerprint density at radius 1 is 0.853 bits per heavy atom. The van der Waals surface area contributed by atoms with Crippen LogP contribution in [0.4, 0.5) is 4.79 Å². The highest BCUT2D eigenvalue weighted by Crippen LogP contribution is 2.31. The lowest BCUT2D eigenvalue weighted by Crippen LogP contribution is -2.33. The number of unbranched alkanes of at least 4 members (excludes halogenated alkanes) is 4. The molecule has 1 aliphatic heterocycles. The van der Waals surface area contributed by atoms with Crippen molar-refractivity contribution in [2.24, 2.45) is 10.8 Å². The first-order valence-corrected chi connectivity index (χ1v) is 13.9. The second-order valence-corrected chi connectivity index (χ2v) is 11.8. The number of aliphatic hydroxyl groups is 1. The molecule has 1 saturated heterocycles. The van der Waals surface area contributed by atoms with Crippen molar-refractivity contribution in [2.45, 2.75) is 131 Å². The fourth-order valence-electron chi connectivity index (χ4n) is 4.80. The second kappa shape index (κ2) is 15.8. The van der Waals surface area contributed by atoms with Crippen LogP contribution in [0.1, 0.15) is 125 Å². The van der Waals surface area contributed by atoms with Crippen molar-refractivity contribution in [3.05, 3.63) is 0 Å². The molecule has 0 aromatic carbocycles. The summed E-state index contributed by atoms with van der Waals surface area (Å²) in [6.07, 6.45) is 13.5. The molecule has 0 aliphatic carbocycles. The summed E-state index contributed by atoms with van der Waals surface area (Å²) < 4.78 is 5.65. The van der Waals surface area contributed by atoms with E-state index in [-0.39, 0.29) is 23.9 Å². The lowest BCUT2D eigenvalue weighted by Gasteiger charge is -2.25. The molecular weight excluding hydrogens is 428 g/mol. The Bertz CT molecular complexity index is 591. The first-order chi connectivity index (χ1) is 16.0. The number of nitrogens with zero attached hydrogens (tertiary/aromatic N) is 2. The molecule has 3 amide bonds. The van der Waals surface area contributed by atoms with Gasteiger partial charge in [-0.05, 0) is 69.1 Å². The van der Waals surface area contributed by atoms with Crippen molar-refractivity contribution < 1.29 is 19.4 Å². The van der Waals surface area contributed by atoms with Crippen LogP contribution in [0, 0.1) is 10.8 Å². The third-order valence-corrected chi connectivity index (χ3v) is 7.32. The van der Waals surface area contributed by atoms with Crippen molar-refractivity contribution >= 4 is 11.9 Å². The molecular formula is C28H54N2O4. The third kappa shape index (κ3) is 12.5. The minimum Gasteiger partial charge on any atom is -0.368 e. The Morgan fingerprint density at radius 3 is 1.97 bits per heavy atom. The Hall–Kier alpha value is -1.14. The highest BCUT2D eigenvalue weighted by atomic mass is 16.6. The molecule has 0 aromatic heterocycles. The van der Waals surface area contributed by atoms with E-state index in [1.54, 1.807) is 4.90 Å². The third-order valence-electron chi connectivity index (χ3n) is 7.32. The summed E-state index contributed by atoms with van der Waals surface area (Å²) in [7, 11) is 0. The van der Waals surface area contributed by atoms with Gasteiger partial charge in [-0.2, -0.15) is 0 Å². The van der Waals surface area contributed by atoms with Crippen molar-refractivity contribution in [1.29, 1.82) is 0 Å². The Labute approximate surface area is 209 Å². The van der Waals surface area contributed by atoms with Gasteiger partial charge in [0, 0.05) is 19.7 Å². The maximum atomic E-state index is 12.1. The summed E-state index contributed by atoms with van der Waals surface area (Å²) in [5, 5.41) is 10.1. The second-order valence-electron chi connectivity index (χ2n) is 11.8. The summed E-state index contributed by atoms with van der Waals surface area (Å²) in [6, 6.07) is -0.135. The quantitative estimate of drug-likeness (QED) is 0.118. The zero-order chi connectivity index (χ0) is 25.6. The van der Waals surface area contributed by atoms with E-state index in [2.05, 4.69) is 34.6 Å². The van der Waals surface area contributed by atoms with Crippen LogP contribution in [0.15, 0.2) is 0 Å². The largest absolute Gasteiger partial charge is 0.368 e. The van der Waals surface area contributed by atoms with Crippen LogP contribution in [0.2, 0.25) is 0 Å². The topological polar surface area (TPSA) is 70.1 Å². The summed E-state index contributed by atoms with van der Waals surface area (Å²) >= 11 is 0. The molecule has 0 spiro atoms. The Kier molecular flexibility index (Phi) is 14.3. The minimum atomic E-state index is -0.640. The predicted molar refractivity (Wildman–Crippen MR) is 140 cm³/mol. The average Bonchev–Trinajstić information content (AvgIpc) is 3.03. The lowest BCUT2D eigenvalue weighted by molar-refractivity contribution is -0.125. The van der Waals surface area contributed by atoms with Gasteiger partial charge in [0.25, 0.3) is 0 Å². The Morgan fingerprint density at radius 2 is 1.41 bits per heavy atom. The molecule has 1 heterocycles. The number of urea groups is 1. The van der Waals surface area contributed by atoms with Crippen LogP contribution >= 0.6 is 0 Å². The highest BCUT2D eigenvalue weighted by Gasteiger charge is 2.34. The SMILES string of the molecule is CCCCCC(C)(C)CCCC(O)OCCCCC(C)(C)CCCCN1C(=O)CN(CC)C1=O. The smallest absolute Gasteiger partial charge is 0.327 e. The van der Waals surface area contributed by atoms with Gasteiger partial charge in [-0.3, -0.25) is 9.69 Å². The molecule has 0 bridgehead atoms. The molecule has 1 atom stereocenters. The van der Waals surface area contributed by atoms with E-state index in [9.17, 15) is 14.7 Å². The predicted octanol–water partition coefficient (Wildman–Crippen LogP) is 6.75. The molecule has 1 aliphatic rings. The number of aliphatic hydroxyl groups excluding tert-OH is 1. The van der Waals surface area contributed by atoms with Gasteiger partial charge in [0.15, 0.2) is 6.29 Å². The van der Waals surface area contributed by atoms with Crippen LogP contribution in [0.5, 0.6) is 0 Å². The molecule has 1 N–H and O–H groups in total. The zero-order valence-electron chi connectivity index (χ0n) is 23.2. The molecule has 1 fully saturated rings. The monoisotopic (exact) mass is 482 g/mol. The molecule has 34 heavy (non-hydrogen) atoms. The number of hydrogen-bond acceptors (Lipinski definition) is 4. The van der Waals surface area contributed by atoms with Gasteiger partial charge in [0.1, 0.15) is 6.54 Å². The molecule has 200 valence electrons. The summed E-state index contributed by atoms with van der Waals surface area (Å²) in [6.45, 7) is 15.4. The van der Waals surface area contributed by atoms with E-state index >= 15 is 0 Å². The zero-order valence-corrected chi connectivity index (χ0v) is 23.2. The maximum absolute atomic E-state index is 12.1. The van der Waals surface area contributed by atoms with Gasteiger partial charge in [-0.15, -0.1) is 0 Å². The number of likely N-dealkylation sites (N-methyl/N-ethyl adjacent to an activating group) is 1. The van der Waals surface area contributed by atoms with Crippen LogP contribution in [0.25, 0.3) is 0 Å². The first-order valence-electron chi connectivity index (χ1n) is 13.9. The lowest BCUT2D eigenvalue weighted by atomic mass is 9.82. The fourth-order valence-corrected chi connectivity index (χ4v) is 4.80. The van der Waals surface area contributed by atoms with E-state index in [4.69, 9.17) is 4.74 Å². The number of carbonyl (C=O) groups excluding carboxylic acids is 2. The summed E-state index contributed by atoms with van der Waals surface area (Å²) in [5.74, 6) is -0.0658. The number of imide groups is 1. The van der Waals surface area contributed by atoms with Crippen LogP contribution in [-0.2, 0) is 9.53 Å². The van der Waals surface area contributed by atoms with Crippen molar-refractivity contribution in [1.82, 2.24) is 9.80 Å². The minimum absolute atomic E-state index is 0.0658. The van der Waals surface area contributed by atoms with Crippen LogP contribution in [-0.4, -0.2) is 59.4 Å². The molecule has 6 heteroatoms. The standard InChI is InChI=1S/C28H54N2O4/c1-7-9-10-17-28(5,6)20-15-16-25(32)34-22-14-12-19-27(3,4)18-11-13-21-30-24(31)23-29(8-2)26(30)33/h25,32H,7-23H2,1-6H3. The van der Waals surface area contributed by atoms with Crippen molar-refractivity contribution in [3.63, 3.8) is 0 Å². The number of amides is 3. The summed E-state index contributed by atoms with van der Waals surface area (Å²) in [5.41, 5.74) is 0.590.